The second-order valence-corrected chi connectivity index (χ2v) is 7.62. The Morgan fingerprint density at radius 2 is 1.68 bits per heavy atom. The number of benzene rings is 2. The van der Waals surface area contributed by atoms with Gasteiger partial charge in [-0.3, -0.25) is 19.3 Å². The van der Waals surface area contributed by atoms with Crippen LogP contribution in [0.15, 0.2) is 54.6 Å². The molecule has 4 rings (SSSR count). The van der Waals surface area contributed by atoms with Crippen LogP contribution in [0.3, 0.4) is 0 Å². The first-order valence-corrected chi connectivity index (χ1v) is 8.88. The van der Waals surface area contributed by atoms with Gasteiger partial charge in [-0.05, 0) is 25.1 Å². The van der Waals surface area contributed by atoms with Crippen LogP contribution in [0, 0.1) is 0 Å². The minimum atomic E-state index is -1.24. The van der Waals surface area contributed by atoms with Gasteiger partial charge in [0.05, 0.1) is 10.9 Å². The van der Waals surface area contributed by atoms with Crippen molar-refractivity contribution < 1.29 is 14.4 Å². The van der Waals surface area contributed by atoms with Crippen LogP contribution in [0.2, 0.25) is 0 Å². The van der Waals surface area contributed by atoms with Gasteiger partial charge in [0.2, 0.25) is 16.7 Å². The van der Waals surface area contributed by atoms with Gasteiger partial charge in [0, 0.05) is 18.2 Å². The van der Waals surface area contributed by atoms with Gasteiger partial charge in [0.15, 0.2) is 0 Å². The van der Waals surface area contributed by atoms with Crippen molar-refractivity contribution in [1.82, 2.24) is 0 Å². The molecule has 0 aromatic heterocycles. The number of anilines is 2. The lowest BCUT2D eigenvalue weighted by Crippen LogP contribution is -2.50. The molecule has 126 valence electrons. The van der Waals surface area contributed by atoms with Gasteiger partial charge < -0.3 is 0 Å². The number of nitrogens with zero attached hydrogens (tertiary/aromatic N) is 2. The highest BCUT2D eigenvalue weighted by atomic mass is 32.2. The molecule has 3 amide bonds. The van der Waals surface area contributed by atoms with E-state index in [0.717, 1.165) is 0 Å². The number of rotatable bonds is 1. The molecule has 2 atom stereocenters. The van der Waals surface area contributed by atoms with Crippen LogP contribution in [-0.4, -0.2) is 23.0 Å². The molecule has 2 aromatic rings. The molecule has 2 heterocycles. The minimum Gasteiger partial charge on any atom is -0.283 e. The first-order chi connectivity index (χ1) is 12.0. The van der Waals surface area contributed by atoms with E-state index in [1.54, 1.807) is 24.0 Å². The molecule has 25 heavy (non-hydrogen) atoms. The van der Waals surface area contributed by atoms with Crippen LogP contribution in [0.5, 0.6) is 0 Å². The predicted octanol–water partition coefficient (Wildman–Crippen LogP) is 2.90. The number of para-hydroxylation sites is 2. The first-order valence-electron chi connectivity index (χ1n) is 8.00. The van der Waals surface area contributed by atoms with E-state index in [1.165, 1.54) is 23.6 Å². The molecule has 0 unspecified atom stereocenters. The lowest BCUT2D eigenvalue weighted by Gasteiger charge is -2.32. The normalized spacial score (nSPS) is 25.0. The summed E-state index contributed by atoms with van der Waals surface area (Å²) < 4.78 is 0. The molecule has 2 aliphatic rings. The molecule has 1 spiro atoms. The standard InChI is InChI=1S/C19H16N2O3S/c1-12-17(23)21(14-8-4-3-5-9-14)19(25-12)15-10-6-7-11-16(15)20(13(2)22)18(19)24/h3-12H,1-2H3/t12-,19-/m1/s1. The van der Waals surface area contributed by atoms with E-state index >= 15 is 0 Å². The fourth-order valence-corrected chi connectivity index (χ4v) is 5.07. The fourth-order valence-electron chi connectivity index (χ4n) is 3.56. The number of carbonyl (C=O) groups excluding carboxylic acids is 3. The number of carbonyl (C=O) groups is 3. The van der Waals surface area contributed by atoms with Gasteiger partial charge in [-0.25, -0.2) is 4.90 Å². The summed E-state index contributed by atoms with van der Waals surface area (Å²) in [6.45, 7) is 3.16. The molecule has 6 heteroatoms. The van der Waals surface area contributed by atoms with Crippen molar-refractivity contribution in [1.29, 1.82) is 0 Å². The lowest BCUT2D eigenvalue weighted by molar-refractivity contribution is -0.128. The van der Waals surface area contributed by atoms with Gasteiger partial charge in [0.25, 0.3) is 5.91 Å². The number of hydrogen-bond acceptors (Lipinski definition) is 4. The fraction of sp³-hybridized carbons (Fsp3) is 0.211. The number of hydrogen-bond donors (Lipinski definition) is 0. The van der Waals surface area contributed by atoms with E-state index < -0.39 is 4.87 Å². The van der Waals surface area contributed by atoms with Crippen molar-refractivity contribution in [3.05, 3.63) is 60.2 Å². The summed E-state index contributed by atoms with van der Waals surface area (Å²) in [5, 5.41) is -0.385. The van der Waals surface area contributed by atoms with Crippen molar-refractivity contribution >= 4 is 40.9 Å². The summed E-state index contributed by atoms with van der Waals surface area (Å²) in [6.07, 6.45) is 0. The van der Waals surface area contributed by atoms with Gasteiger partial charge in [-0.1, -0.05) is 36.4 Å². The van der Waals surface area contributed by atoms with Crippen LogP contribution < -0.4 is 9.80 Å². The van der Waals surface area contributed by atoms with Crippen LogP contribution in [0.25, 0.3) is 0 Å². The molecule has 0 aliphatic carbocycles. The smallest absolute Gasteiger partial charge is 0.275 e. The second kappa shape index (κ2) is 5.46. The highest BCUT2D eigenvalue weighted by Crippen LogP contribution is 2.57. The maximum Gasteiger partial charge on any atom is 0.275 e. The molecular formula is C19H16N2O3S. The van der Waals surface area contributed by atoms with Crippen molar-refractivity contribution in [2.75, 3.05) is 9.80 Å². The summed E-state index contributed by atoms with van der Waals surface area (Å²) in [7, 11) is 0. The Balaban J connectivity index is 2.00. The van der Waals surface area contributed by atoms with Crippen molar-refractivity contribution in [2.45, 2.75) is 24.0 Å². The van der Waals surface area contributed by atoms with Crippen LogP contribution in [-0.2, 0) is 19.3 Å². The third-order valence-corrected chi connectivity index (χ3v) is 6.04. The van der Waals surface area contributed by atoms with Crippen LogP contribution in [0.4, 0.5) is 11.4 Å². The molecule has 2 aromatic carbocycles. The minimum absolute atomic E-state index is 0.134. The zero-order valence-corrected chi connectivity index (χ0v) is 14.6. The van der Waals surface area contributed by atoms with Gasteiger partial charge >= 0.3 is 0 Å². The van der Waals surface area contributed by atoms with E-state index in [-0.39, 0.29) is 23.0 Å². The molecule has 0 radical (unpaired) electrons. The zero-order valence-electron chi connectivity index (χ0n) is 13.8. The summed E-state index contributed by atoms with van der Waals surface area (Å²) >= 11 is 1.29. The summed E-state index contributed by atoms with van der Waals surface area (Å²) in [4.78, 5) is 40.0. The molecule has 0 N–H and O–H groups in total. The molecule has 5 nitrogen and oxygen atoms in total. The Kier molecular flexibility index (Phi) is 3.47. The summed E-state index contributed by atoms with van der Waals surface area (Å²) in [6, 6.07) is 16.3. The Morgan fingerprint density at radius 3 is 2.36 bits per heavy atom. The number of fused-ring (bicyclic) bond motifs is 2. The summed E-state index contributed by atoms with van der Waals surface area (Å²) in [5.74, 6) is -0.868. The Morgan fingerprint density at radius 1 is 1.04 bits per heavy atom. The predicted molar refractivity (Wildman–Crippen MR) is 97.3 cm³/mol. The summed E-state index contributed by atoms with van der Waals surface area (Å²) in [5.41, 5.74) is 1.88. The highest BCUT2D eigenvalue weighted by molar-refractivity contribution is 8.03. The van der Waals surface area contributed by atoms with Crippen molar-refractivity contribution in [3.63, 3.8) is 0 Å². The van der Waals surface area contributed by atoms with E-state index in [4.69, 9.17) is 0 Å². The van der Waals surface area contributed by atoms with Gasteiger partial charge in [-0.15, -0.1) is 11.8 Å². The van der Waals surface area contributed by atoms with E-state index in [1.807, 2.05) is 42.5 Å². The highest BCUT2D eigenvalue weighted by Gasteiger charge is 2.63. The SMILES string of the molecule is CC(=O)N1C(=O)[C@]2(S[C@H](C)C(=O)N2c2ccccc2)c2ccccc21. The third kappa shape index (κ3) is 2.00. The Hall–Kier alpha value is -2.60. The van der Waals surface area contributed by atoms with Crippen molar-refractivity contribution in [3.8, 4) is 0 Å². The maximum absolute atomic E-state index is 13.4. The van der Waals surface area contributed by atoms with Crippen LogP contribution >= 0.6 is 11.8 Å². The number of amides is 3. The molecular weight excluding hydrogens is 336 g/mol. The molecule has 0 bridgehead atoms. The molecule has 2 aliphatic heterocycles. The van der Waals surface area contributed by atoms with Crippen molar-refractivity contribution in [2.24, 2.45) is 0 Å². The number of imide groups is 1. The molecule has 0 saturated carbocycles. The van der Waals surface area contributed by atoms with Crippen LogP contribution in [0.1, 0.15) is 19.4 Å². The van der Waals surface area contributed by atoms with E-state index in [0.29, 0.717) is 16.9 Å². The second-order valence-electron chi connectivity index (χ2n) is 6.09. The van der Waals surface area contributed by atoms with E-state index in [9.17, 15) is 14.4 Å². The maximum atomic E-state index is 13.4. The monoisotopic (exact) mass is 352 g/mol. The molecule has 1 fully saturated rings. The van der Waals surface area contributed by atoms with E-state index in [2.05, 4.69) is 0 Å². The Labute approximate surface area is 149 Å². The topological polar surface area (TPSA) is 57.7 Å². The Bertz CT molecular complexity index is 899. The average Bonchev–Trinajstić information content (AvgIpc) is 3.01. The van der Waals surface area contributed by atoms with Gasteiger partial charge in [-0.2, -0.15) is 0 Å². The lowest BCUT2D eigenvalue weighted by atomic mass is 10.0. The zero-order chi connectivity index (χ0) is 17.8. The average molecular weight is 352 g/mol. The van der Waals surface area contributed by atoms with Gasteiger partial charge in [0.1, 0.15) is 0 Å². The quantitative estimate of drug-likeness (QED) is 0.792. The third-order valence-electron chi connectivity index (χ3n) is 4.56. The molecule has 1 saturated heterocycles. The largest absolute Gasteiger partial charge is 0.283 e. The number of thioether (sulfide) groups is 1. The first kappa shape index (κ1) is 15.9.